The van der Waals surface area contributed by atoms with Gasteiger partial charge in [-0.15, -0.1) is 0 Å². The number of thiol groups is 1. The molecule has 2 unspecified atom stereocenters. The second-order valence-electron chi connectivity index (χ2n) is 11.5. The first-order valence-corrected chi connectivity index (χ1v) is 14.8. The molecule has 2 atom stereocenters. The largest absolute Gasteiger partial charge is 0.444 e. The third kappa shape index (κ3) is 9.58. The Hall–Kier alpha value is -3.00. The molecule has 2 N–H and O–H groups in total. The third-order valence-corrected chi connectivity index (χ3v) is 7.08. The lowest BCUT2D eigenvalue weighted by molar-refractivity contribution is -0.140. The SMILES string of the molecule is CCCCCCN(C(=O)C(CS)NC(=O)OC(C)(C)C)C(C(=O)Nc1c(C)cccc1C)c1ccc(C)cc1C. The molecule has 220 valence electrons. The highest BCUT2D eigenvalue weighted by Crippen LogP contribution is 2.30. The number of anilines is 1. The Labute approximate surface area is 245 Å². The Bertz CT molecular complexity index is 1150. The normalized spacial score (nSPS) is 12.8. The van der Waals surface area contributed by atoms with Crippen molar-refractivity contribution in [1.29, 1.82) is 0 Å². The molecule has 0 aliphatic carbocycles. The number of benzene rings is 2. The summed E-state index contributed by atoms with van der Waals surface area (Å²) in [6, 6.07) is 9.87. The van der Waals surface area contributed by atoms with Crippen LogP contribution in [0.3, 0.4) is 0 Å². The van der Waals surface area contributed by atoms with Gasteiger partial charge >= 0.3 is 6.09 Å². The molecule has 0 saturated carbocycles. The molecule has 0 aliphatic rings. The van der Waals surface area contributed by atoms with Crippen LogP contribution >= 0.6 is 12.6 Å². The van der Waals surface area contributed by atoms with Crippen LogP contribution in [-0.4, -0.2) is 46.7 Å². The molecular weight excluding hydrogens is 522 g/mol. The fraction of sp³-hybridized carbons (Fsp3) is 0.531. The molecule has 0 spiro atoms. The number of hydrogen-bond acceptors (Lipinski definition) is 5. The molecule has 0 radical (unpaired) electrons. The van der Waals surface area contributed by atoms with E-state index in [-0.39, 0.29) is 17.6 Å². The highest BCUT2D eigenvalue weighted by molar-refractivity contribution is 7.80. The van der Waals surface area contributed by atoms with Gasteiger partial charge in [-0.2, -0.15) is 12.6 Å². The monoisotopic (exact) mass is 569 g/mol. The fourth-order valence-electron chi connectivity index (χ4n) is 4.70. The minimum Gasteiger partial charge on any atom is -0.444 e. The standard InChI is InChI=1S/C32H47N3O4S/c1-9-10-11-12-18-35(30(37)26(20-40)33-31(38)39-32(6,7)8)28(25-17-16-21(2)19-24(25)5)29(36)34-27-22(3)14-13-15-23(27)4/h13-17,19,26,28,40H,9-12,18,20H2,1-8H3,(H,33,38)(H,34,36). The summed E-state index contributed by atoms with van der Waals surface area (Å²) in [4.78, 5) is 42.5. The van der Waals surface area contributed by atoms with Crippen molar-refractivity contribution in [3.8, 4) is 0 Å². The van der Waals surface area contributed by atoms with Gasteiger partial charge < -0.3 is 20.3 Å². The van der Waals surface area contributed by atoms with Crippen molar-refractivity contribution in [3.63, 3.8) is 0 Å². The zero-order valence-corrected chi connectivity index (χ0v) is 26.3. The van der Waals surface area contributed by atoms with Crippen molar-refractivity contribution in [2.75, 3.05) is 17.6 Å². The minimum atomic E-state index is -0.967. The van der Waals surface area contributed by atoms with Gasteiger partial charge in [0, 0.05) is 18.0 Å². The average Bonchev–Trinajstić information content (AvgIpc) is 2.86. The molecule has 3 amide bonds. The van der Waals surface area contributed by atoms with E-state index in [9.17, 15) is 14.4 Å². The number of carbonyl (C=O) groups excluding carboxylic acids is 3. The molecule has 40 heavy (non-hydrogen) atoms. The first kappa shape index (κ1) is 33.2. The summed E-state index contributed by atoms with van der Waals surface area (Å²) in [7, 11) is 0. The first-order chi connectivity index (χ1) is 18.8. The summed E-state index contributed by atoms with van der Waals surface area (Å²) in [5, 5.41) is 5.80. The van der Waals surface area contributed by atoms with E-state index in [0.29, 0.717) is 6.54 Å². The Kier molecular flexibility index (Phi) is 12.6. The summed E-state index contributed by atoms with van der Waals surface area (Å²) in [6.45, 7) is 15.6. The van der Waals surface area contributed by atoms with Gasteiger partial charge in [0.15, 0.2) is 0 Å². The topological polar surface area (TPSA) is 87.7 Å². The lowest BCUT2D eigenvalue weighted by atomic mass is 9.95. The van der Waals surface area contributed by atoms with Gasteiger partial charge in [-0.1, -0.05) is 68.1 Å². The predicted molar refractivity (Wildman–Crippen MR) is 166 cm³/mol. The van der Waals surface area contributed by atoms with Gasteiger partial charge in [0.1, 0.15) is 17.7 Å². The number of nitrogens with zero attached hydrogens (tertiary/aromatic N) is 1. The zero-order valence-electron chi connectivity index (χ0n) is 25.4. The lowest BCUT2D eigenvalue weighted by Crippen LogP contribution is -2.53. The highest BCUT2D eigenvalue weighted by Gasteiger charge is 2.36. The number of carbonyl (C=O) groups is 3. The zero-order chi connectivity index (χ0) is 30.0. The van der Waals surface area contributed by atoms with E-state index in [1.165, 1.54) is 0 Å². The van der Waals surface area contributed by atoms with Crippen LogP contribution in [0, 0.1) is 27.7 Å². The van der Waals surface area contributed by atoms with Crippen LogP contribution in [0.15, 0.2) is 36.4 Å². The second kappa shape index (κ2) is 15.1. The Morgan fingerprint density at radius 1 is 0.950 bits per heavy atom. The van der Waals surface area contributed by atoms with Crippen LogP contribution in [0.2, 0.25) is 0 Å². The van der Waals surface area contributed by atoms with Gasteiger partial charge in [-0.05, 0) is 77.1 Å². The van der Waals surface area contributed by atoms with Crippen molar-refractivity contribution in [3.05, 3.63) is 64.2 Å². The van der Waals surface area contributed by atoms with E-state index >= 15 is 0 Å². The van der Waals surface area contributed by atoms with Crippen LogP contribution in [0.5, 0.6) is 0 Å². The summed E-state index contributed by atoms with van der Waals surface area (Å²) in [5.41, 5.74) is 4.61. The number of para-hydroxylation sites is 1. The molecule has 7 nitrogen and oxygen atoms in total. The number of unbranched alkanes of at least 4 members (excludes halogenated alkanes) is 3. The Balaban J connectivity index is 2.57. The van der Waals surface area contributed by atoms with Crippen LogP contribution in [-0.2, 0) is 14.3 Å². The summed E-state index contributed by atoms with van der Waals surface area (Å²) >= 11 is 4.39. The highest BCUT2D eigenvalue weighted by atomic mass is 32.1. The van der Waals surface area contributed by atoms with Crippen LogP contribution in [0.4, 0.5) is 10.5 Å². The average molecular weight is 570 g/mol. The van der Waals surface area contributed by atoms with Crippen molar-refractivity contribution in [2.24, 2.45) is 0 Å². The van der Waals surface area contributed by atoms with E-state index < -0.39 is 23.8 Å². The van der Waals surface area contributed by atoms with Crippen molar-refractivity contribution >= 4 is 36.2 Å². The number of rotatable bonds is 12. The Morgan fingerprint density at radius 3 is 2.15 bits per heavy atom. The third-order valence-electron chi connectivity index (χ3n) is 6.72. The number of ether oxygens (including phenoxy) is 1. The van der Waals surface area contributed by atoms with Gasteiger partial charge in [0.25, 0.3) is 5.91 Å². The molecule has 0 bridgehead atoms. The number of nitrogens with one attached hydrogen (secondary N) is 2. The summed E-state index contributed by atoms with van der Waals surface area (Å²) in [5.74, 6) is -0.621. The molecular formula is C32H47N3O4S. The molecule has 8 heteroatoms. The lowest BCUT2D eigenvalue weighted by Gasteiger charge is -2.35. The maximum absolute atomic E-state index is 14.2. The molecule has 2 aromatic carbocycles. The molecule has 0 heterocycles. The maximum atomic E-state index is 14.2. The van der Waals surface area contributed by atoms with Gasteiger partial charge in [-0.25, -0.2) is 4.79 Å². The molecule has 0 fully saturated rings. The molecule has 0 saturated heterocycles. The first-order valence-electron chi connectivity index (χ1n) is 14.1. The van der Waals surface area contributed by atoms with E-state index in [4.69, 9.17) is 4.74 Å². The van der Waals surface area contributed by atoms with E-state index in [1.807, 2.05) is 64.1 Å². The van der Waals surface area contributed by atoms with E-state index in [0.717, 1.165) is 59.2 Å². The number of amides is 3. The predicted octanol–water partition coefficient (Wildman–Crippen LogP) is 6.83. The van der Waals surface area contributed by atoms with Crippen molar-refractivity contribution in [2.45, 2.75) is 98.8 Å². The molecule has 2 rings (SSSR count). The van der Waals surface area contributed by atoms with Gasteiger partial charge in [0.05, 0.1) is 0 Å². The van der Waals surface area contributed by atoms with Crippen LogP contribution in [0.1, 0.15) is 87.2 Å². The van der Waals surface area contributed by atoms with Crippen LogP contribution < -0.4 is 10.6 Å². The number of aryl methyl sites for hydroxylation is 4. The maximum Gasteiger partial charge on any atom is 0.408 e. The molecule has 0 aromatic heterocycles. The number of hydrogen-bond donors (Lipinski definition) is 3. The molecule has 2 aromatic rings. The van der Waals surface area contributed by atoms with Crippen molar-refractivity contribution in [1.82, 2.24) is 10.2 Å². The quantitative estimate of drug-likeness (QED) is 0.193. The second-order valence-corrected chi connectivity index (χ2v) is 11.9. The van der Waals surface area contributed by atoms with E-state index in [1.54, 1.807) is 25.7 Å². The van der Waals surface area contributed by atoms with Gasteiger partial charge in [-0.3, -0.25) is 9.59 Å². The Morgan fingerprint density at radius 2 is 1.60 bits per heavy atom. The van der Waals surface area contributed by atoms with Gasteiger partial charge in [0.2, 0.25) is 5.91 Å². The van der Waals surface area contributed by atoms with E-state index in [2.05, 4.69) is 30.2 Å². The summed E-state index contributed by atoms with van der Waals surface area (Å²) < 4.78 is 5.41. The fourth-order valence-corrected chi connectivity index (χ4v) is 4.94. The summed E-state index contributed by atoms with van der Waals surface area (Å²) in [6.07, 6.45) is 3.01. The smallest absolute Gasteiger partial charge is 0.408 e. The van der Waals surface area contributed by atoms with Crippen molar-refractivity contribution < 1.29 is 19.1 Å². The van der Waals surface area contributed by atoms with Crippen LogP contribution in [0.25, 0.3) is 0 Å². The minimum absolute atomic E-state index is 0.0572. The number of alkyl carbamates (subject to hydrolysis) is 1. The molecule has 0 aliphatic heterocycles.